The van der Waals surface area contributed by atoms with Gasteiger partial charge in [-0.2, -0.15) is 0 Å². The van der Waals surface area contributed by atoms with Crippen LogP contribution in [0.25, 0.3) is 0 Å². The smallest absolute Gasteiger partial charge is 0.303 e. The lowest BCUT2D eigenvalue weighted by atomic mass is 10.1. The Morgan fingerprint density at radius 2 is 1.84 bits per heavy atom. The highest BCUT2D eigenvalue weighted by molar-refractivity contribution is 9.10. The Labute approximate surface area is 120 Å². The molecule has 1 aliphatic carbocycles. The molecule has 1 aromatic carbocycles. The lowest BCUT2D eigenvalue weighted by Crippen LogP contribution is -2.21. The van der Waals surface area contributed by atoms with Crippen molar-refractivity contribution in [2.24, 2.45) is 5.41 Å². The predicted molar refractivity (Wildman–Crippen MR) is 75.6 cm³/mol. The average molecular weight is 347 g/mol. The standard InChI is InChI=1S/C13H15BrO4S/c14-11-3-1-10(2-4-11)8-19(17,18)9-13(5-6-13)7-12(15)16/h1-4H,5-9H2,(H,15,16). The van der Waals surface area contributed by atoms with Gasteiger partial charge in [0.2, 0.25) is 0 Å². The Bertz CT molecular complexity index is 573. The number of hydrogen-bond acceptors (Lipinski definition) is 3. The summed E-state index contributed by atoms with van der Waals surface area (Å²) in [6.07, 6.45) is 1.34. The second-order valence-electron chi connectivity index (χ2n) is 5.23. The highest BCUT2D eigenvalue weighted by Crippen LogP contribution is 2.50. The monoisotopic (exact) mass is 346 g/mol. The Balaban J connectivity index is 2.03. The van der Waals surface area contributed by atoms with Crippen LogP contribution in [0.2, 0.25) is 0 Å². The van der Waals surface area contributed by atoms with Crippen LogP contribution in [0.15, 0.2) is 28.7 Å². The zero-order valence-electron chi connectivity index (χ0n) is 10.3. The molecule has 19 heavy (non-hydrogen) atoms. The fraction of sp³-hybridized carbons (Fsp3) is 0.462. The fourth-order valence-corrected chi connectivity index (χ4v) is 4.61. The number of halogens is 1. The summed E-state index contributed by atoms with van der Waals surface area (Å²) in [5.41, 5.74) is 0.217. The van der Waals surface area contributed by atoms with Crippen LogP contribution < -0.4 is 0 Å². The Kier molecular flexibility index (Phi) is 4.01. The molecule has 1 N–H and O–H groups in total. The number of benzene rings is 1. The lowest BCUT2D eigenvalue weighted by molar-refractivity contribution is -0.138. The summed E-state index contributed by atoms with van der Waals surface area (Å²) >= 11 is 3.30. The molecule has 4 nitrogen and oxygen atoms in total. The first kappa shape index (κ1) is 14.5. The van der Waals surface area contributed by atoms with Crippen molar-refractivity contribution in [2.45, 2.75) is 25.0 Å². The molecule has 0 aliphatic heterocycles. The van der Waals surface area contributed by atoms with E-state index in [2.05, 4.69) is 15.9 Å². The van der Waals surface area contributed by atoms with Crippen molar-refractivity contribution in [1.82, 2.24) is 0 Å². The van der Waals surface area contributed by atoms with E-state index in [1.807, 2.05) is 0 Å². The van der Waals surface area contributed by atoms with Crippen LogP contribution in [-0.2, 0) is 20.4 Å². The van der Waals surface area contributed by atoms with E-state index in [0.29, 0.717) is 12.8 Å². The molecule has 1 aromatic rings. The highest BCUT2D eigenvalue weighted by Gasteiger charge is 2.47. The van der Waals surface area contributed by atoms with E-state index < -0.39 is 21.2 Å². The van der Waals surface area contributed by atoms with E-state index in [9.17, 15) is 13.2 Å². The number of carboxylic acid groups (broad SMARTS) is 1. The van der Waals surface area contributed by atoms with Crippen molar-refractivity contribution < 1.29 is 18.3 Å². The molecule has 0 bridgehead atoms. The van der Waals surface area contributed by atoms with Crippen LogP contribution in [-0.4, -0.2) is 25.2 Å². The fourth-order valence-electron chi connectivity index (χ4n) is 2.22. The molecule has 0 heterocycles. The number of aliphatic carboxylic acids is 1. The summed E-state index contributed by atoms with van der Waals surface area (Å²) < 4.78 is 25.1. The van der Waals surface area contributed by atoms with Gasteiger partial charge in [-0.05, 0) is 36.0 Å². The quantitative estimate of drug-likeness (QED) is 0.859. The largest absolute Gasteiger partial charge is 0.481 e. The number of hydrogen-bond donors (Lipinski definition) is 1. The first-order valence-corrected chi connectivity index (χ1v) is 8.58. The van der Waals surface area contributed by atoms with Crippen LogP contribution in [0.3, 0.4) is 0 Å². The van der Waals surface area contributed by atoms with Gasteiger partial charge in [0.05, 0.1) is 17.9 Å². The second kappa shape index (κ2) is 5.25. The minimum atomic E-state index is -3.27. The summed E-state index contributed by atoms with van der Waals surface area (Å²) in [4.78, 5) is 10.7. The van der Waals surface area contributed by atoms with Gasteiger partial charge in [0.25, 0.3) is 0 Å². The second-order valence-corrected chi connectivity index (χ2v) is 8.21. The normalized spacial score (nSPS) is 17.1. The first-order chi connectivity index (χ1) is 8.80. The lowest BCUT2D eigenvalue weighted by Gasteiger charge is -2.13. The Morgan fingerprint density at radius 3 is 2.32 bits per heavy atom. The number of rotatable bonds is 6. The van der Waals surface area contributed by atoms with E-state index in [0.717, 1.165) is 10.0 Å². The minimum absolute atomic E-state index is 0.0254. The third-order valence-electron chi connectivity index (χ3n) is 3.31. The van der Waals surface area contributed by atoms with Crippen LogP contribution in [0.4, 0.5) is 0 Å². The maximum absolute atomic E-state index is 12.1. The number of carbonyl (C=O) groups is 1. The Hall–Kier alpha value is -0.880. The molecule has 0 amide bonds. The van der Waals surface area contributed by atoms with Crippen molar-refractivity contribution >= 4 is 31.7 Å². The number of sulfone groups is 1. The van der Waals surface area contributed by atoms with E-state index in [4.69, 9.17) is 5.11 Å². The van der Waals surface area contributed by atoms with Gasteiger partial charge < -0.3 is 5.11 Å². The van der Waals surface area contributed by atoms with Gasteiger partial charge in [-0.25, -0.2) is 8.42 Å². The van der Waals surface area contributed by atoms with E-state index >= 15 is 0 Å². The molecule has 0 unspecified atom stereocenters. The summed E-state index contributed by atoms with van der Waals surface area (Å²) in [5.74, 6) is -0.972. The zero-order valence-corrected chi connectivity index (χ0v) is 12.7. The molecule has 2 rings (SSSR count). The molecule has 0 aromatic heterocycles. The van der Waals surface area contributed by atoms with Crippen LogP contribution >= 0.6 is 15.9 Å². The third-order valence-corrected chi connectivity index (χ3v) is 5.66. The average Bonchev–Trinajstić information content (AvgIpc) is 2.98. The molecule has 1 saturated carbocycles. The molecule has 0 saturated heterocycles. The van der Waals surface area contributed by atoms with Crippen LogP contribution in [0, 0.1) is 5.41 Å². The van der Waals surface area contributed by atoms with Crippen molar-refractivity contribution in [3.63, 3.8) is 0 Å². The molecule has 0 radical (unpaired) electrons. The molecule has 0 atom stereocenters. The SMILES string of the molecule is O=C(O)CC1(CS(=O)(=O)Cc2ccc(Br)cc2)CC1. The maximum Gasteiger partial charge on any atom is 0.303 e. The Morgan fingerprint density at radius 1 is 1.26 bits per heavy atom. The highest BCUT2D eigenvalue weighted by atomic mass is 79.9. The van der Waals surface area contributed by atoms with Crippen molar-refractivity contribution in [1.29, 1.82) is 0 Å². The molecular formula is C13H15BrO4S. The molecular weight excluding hydrogens is 332 g/mol. The molecule has 6 heteroatoms. The minimum Gasteiger partial charge on any atom is -0.481 e. The van der Waals surface area contributed by atoms with Gasteiger partial charge in [0.15, 0.2) is 9.84 Å². The summed E-state index contributed by atoms with van der Waals surface area (Å²) in [6.45, 7) is 0. The van der Waals surface area contributed by atoms with Gasteiger partial charge in [0, 0.05) is 4.47 Å². The predicted octanol–water partition coefficient (Wildman–Crippen LogP) is 2.62. The summed E-state index contributed by atoms with van der Waals surface area (Å²) in [7, 11) is -3.27. The van der Waals surface area contributed by atoms with E-state index in [1.165, 1.54) is 0 Å². The third kappa shape index (κ3) is 4.31. The van der Waals surface area contributed by atoms with Crippen molar-refractivity contribution in [3.05, 3.63) is 34.3 Å². The van der Waals surface area contributed by atoms with E-state index in [1.54, 1.807) is 24.3 Å². The van der Waals surface area contributed by atoms with Crippen molar-refractivity contribution in [3.8, 4) is 0 Å². The summed E-state index contributed by atoms with van der Waals surface area (Å²) in [6, 6.07) is 7.13. The molecule has 104 valence electrons. The molecule has 0 spiro atoms. The maximum atomic E-state index is 12.1. The van der Waals surface area contributed by atoms with Gasteiger partial charge in [-0.15, -0.1) is 0 Å². The topological polar surface area (TPSA) is 71.4 Å². The first-order valence-electron chi connectivity index (χ1n) is 5.97. The molecule has 1 aliphatic rings. The van der Waals surface area contributed by atoms with Gasteiger partial charge in [-0.3, -0.25) is 4.79 Å². The van der Waals surface area contributed by atoms with Crippen LogP contribution in [0.5, 0.6) is 0 Å². The number of carboxylic acids is 1. The summed E-state index contributed by atoms with van der Waals surface area (Å²) in [5, 5.41) is 8.81. The van der Waals surface area contributed by atoms with E-state index in [-0.39, 0.29) is 17.9 Å². The van der Waals surface area contributed by atoms with Gasteiger partial charge in [-0.1, -0.05) is 28.1 Å². The van der Waals surface area contributed by atoms with Gasteiger partial charge in [0.1, 0.15) is 0 Å². The van der Waals surface area contributed by atoms with Crippen LogP contribution in [0.1, 0.15) is 24.8 Å². The van der Waals surface area contributed by atoms with Crippen molar-refractivity contribution in [2.75, 3.05) is 5.75 Å². The zero-order chi connectivity index (χ0) is 14.1. The molecule has 1 fully saturated rings. The van der Waals surface area contributed by atoms with Gasteiger partial charge >= 0.3 is 5.97 Å².